The Kier molecular flexibility index (Phi) is 18.8. The van der Waals surface area contributed by atoms with Crippen LogP contribution in [0.3, 0.4) is 0 Å². The van der Waals surface area contributed by atoms with Gasteiger partial charge in [-0.25, -0.2) is 14.4 Å². The number of halogens is 1. The lowest BCUT2D eigenvalue weighted by Gasteiger charge is -2.42. The number of esters is 1. The van der Waals surface area contributed by atoms with Gasteiger partial charge in [-0.2, -0.15) is 8.42 Å². The van der Waals surface area contributed by atoms with Crippen LogP contribution in [0.15, 0.2) is 35.9 Å². The van der Waals surface area contributed by atoms with E-state index in [2.05, 4.69) is 5.32 Å². The van der Waals surface area contributed by atoms with Crippen molar-refractivity contribution in [1.29, 1.82) is 0 Å². The second kappa shape index (κ2) is 23.2. The molecule has 4 aliphatic heterocycles. The SMILES string of the molecule is COc1cc2cc(c1Cl)N(C)C(=O)C[C@H](OC(=O)[C@@H](C)N(C)C(=O)CCC(C)(C)SSCCC(C(=O)ON1C(=O)CCC1=O)S(=O)(=O)O)[C@]1(C)O[C@H]1[C@H](C)C1CC(O)(NC(=O)O1)[C@H](OC)/C=C/C=C(\C)C2. The predicted molar refractivity (Wildman–Crippen MR) is 261 cm³/mol. The molecule has 5 amide bonds. The van der Waals surface area contributed by atoms with Gasteiger partial charge in [0.05, 0.1) is 25.3 Å². The van der Waals surface area contributed by atoms with Crippen molar-refractivity contribution in [2.24, 2.45) is 5.92 Å². The number of amides is 5. The second-order valence-electron chi connectivity index (χ2n) is 18.9. The second-order valence-corrected chi connectivity index (χ2v) is 24.0. The van der Waals surface area contributed by atoms with Crippen molar-refractivity contribution < 1.29 is 80.2 Å². The molecule has 0 aliphatic carbocycles. The molecule has 1 aromatic rings. The average Bonchev–Trinajstić information content (AvgIpc) is 3.90. The summed E-state index contributed by atoms with van der Waals surface area (Å²) in [7, 11) is 3.28. The van der Waals surface area contributed by atoms with Crippen LogP contribution in [0.2, 0.25) is 5.02 Å². The van der Waals surface area contributed by atoms with Crippen LogP contribution in [0.25, 0.3) is 0 Å². The van der Waals surface area contributed by atoms with Crippen LogP contribution in [0.1, 0.15) is 92.1 Å². The van der Waals surface area contributed by atoms with E-state index < -0.39 is 122 Å². The van der Waals surface area contributed by atoms with Crippen LogP contribution in [0.4, 0.5) is 10.5 Å². The summed E-state index contributed by atoms with van der Waals surface area (Å²) in [5.41, 5.74) is -1.27. The van der Waals surface area contributed by atoms with Gasteiger partial charge in [0, 0.05) is 63.3 Å². The third kappa shape index (κ3) is 14.0. The molecule has 3 unspecified atom stereocenters. The van der Waals surface area contributed by atoms with Crippen LogP contribution < -0.4 is 15.0 Å². The van der Waals surface area contributed by atoms with E-state index in [1.165, 1.54) is 55.8 Å². The van der Waals surface area contributed by atoms with E-state index in [1.54, 1.807) is 38.1 Å². The number of imide groups is 1. The maximum Gasteiger partial charge on any atom is 0.409 e. The molecule has 4 bridgehead atoms. The summed E-state index contributed by atoms with van der Waals surface area (Å²) in [6, 6.07) is 2.34. The van der Waals surface area contributed by atoms with Gasteiger partial charge in [-0.1, -0.05) is 63.9 Å². The number of nitrogens with one attached hydrogen (secondary N) is 1. The fourth-order valence-electron chi connectivity index (χ4n) is 8.40. The van der Waals surface area contributed by atoms with Crippen molar-refractivity contribution in [1.82, 2.24) is 15.3 Å². The summed E-state index contributed by atoms with van der Waals surface area (Å²) < 4.78 is 62.5. The minimum absolute atomic E-state index is 0.00994. The highest BCUT2D eigenvalue weighted by Crippen LogP contribution is 2.49. The number of hydrogen-bond donors (Lipinski definition) is 3. The van der Waals surface area contributed by atoms with Gasteiger partial charge >= 0.3 is 18.0 Å². The number of carbonyl (C=O) groups is 7. The Bertz CT molecular complexity index is 2410. The lowest BCUT2D eigenvalue weighted by atomic mass is 9.83. The van der Waals surface area contributed by atoms with Gasteiger partial charge in [-0.3, -0.25) is 29.0 Å². The fourth-order valence-corrected chi connectivity index (χ4v) is 12.2. The molecule has 71 heavy (non-hydrogen) atoms. The summed E-state index contributed by atoms with van der Waals surface area (Å²) in [5, 5.41) is 12.6. The highest BCUT2D eigenvalue weighted by Gasteiger charge is 2.64. The van der Waals surface area contributed by atoms with Crippen molar-refractivity contribution in [3.63, 3.8) is 0 Å². The molecule has 4 aliphatic rings. The number of alkyl carbamates (subject to hydrolysis) is 1. The van der Waals surface area contributed by atoms with E-state index in [9.17, 15) is 51.6 Å². The Balaban J connectivity index is 1.29. The molecule has 3 N–H and O–H groups in total. The van der Waals surface area contributed by atoms with E-state index in [1.807, 2.05) is 26.8 Å². The zero-order chi connectivity index (χ0) is 53.0. The van der Waals surface area contributed by atoms with E-state index in [0.717, 1.165) is 21.9 Å². The number of benzene rings is 1. The summed E-state index contributed by atoms with van der Waals surface area (Å²) in [4.78, 5) is 98.6. The first kappa shape index (κ1) is 57.5. The van der Waals surface area contributed by atoms with E-state index in [-0.39, 0.29) is 47.9 Å². The maximum absolute atomic E-state index is 14.3. The van der Waals surface area contributed by atoms with Gasteiger partial charge in [0.2, 0.25) is 11.8 Å². The number of hydroxylamine groups is 2. The Morgan fingerprint density at radius 2 is 1.76 bits per heavy atom. The molecule has 25 heteroatoms. The zero-order valence-electron chi connectivity index (χ0n) is 41.3. The molecule has 0 radical (unpaired) electrons. The number of epoxide rings is 1. The van der Waals surface area contributed by atoms with Crippen molar-refractivity contribution in [3.05, 3.63) is 46.5 Å². The molecule has 3 saturated heterocycles. The fraction of sp³-hybridized carbons (Fsp3) is 0.630. The van der Waals surface area contributed by atoms with Crippen molar-refractivity contribution >= 4 is 90.7 Å². The summed E-state index contributed by atoms with van der Waals surface area (Å²) in [6.07, 6.45) is -0.390. The normalized spacial score (nSPS) is 28.4. The molecule has 3 fully saturated rings. The van der Waals surface area contributed by atoms with E-state index >= 15 is 0 Å². The smallest absolute Gasteiger partial charge is 0.409 e. The lowest BCUT2D eigenvalue weighted by Crippen LogP contribution is -2.63. The van der Waals surface area contributed by atoms with Gasteiger partial charge in [0.1, 0.15) is 40.7 Å². The molecular weight excluding hydrogens is 1010 g/mol. The third-order valence-electron chi connectivity index (χ3n) is 13.0. The lowest BCUT2D eigenvalue weighted by molar-refractivity contribution is -0.197. The van der Waals surface area contributed by atoms with Gasteiger partial charge in [0.25, 0.3) is 21.9 Å². The Morgan fingerprint density at radius 3 is 2.38 bits per heavy atom. The van der Waals surface area contributed by atoms with Gasteiger partial charge in [-0.15, -0.1) is 5.06 Å². The van der Waals surface area contributed by atoms with Crippen LogP contribution in [0, 0.1) is 5.92 Å². The van der Waals surface area contributed by atoms with E-state index in [4.69, 9.17) is 40.1 Å². The first-order valence-corrected chi connectivity index (χ1v) is 26.9. The van der Waals surface area contributed by atoms with Crippen molar-refractivity contribution in [2.45, 2.75) is 145 Å². The quantitative estimate of drug-likeness (QED) is 0.0505. The maximum atomic E-state index is 14.3. The number of aliphatic hydroxyl groups is 1. The van der Waals surface area contributed by atoms with Crippen molar-refractivity contribution in [3.8, 4) is 5.75 Å². The zero-order valence-corrected chi connectivity index (χ0v) is 44.5. The average molecular weight is 1080 g/mol. The number of anilines is 1. The number of carbonyl (C=O) groups excluding carboxylic acids is 7. The van der Waals surface area contributed by atoms with Gasteiger partial charge in [-0.05, 0) is 71.6 Å². The number of methoxy groups -OCH3 is 2. The number of fused-ring (bicyclic) bond motifs is 5. The number of likely N-dealkylation sites (N-methyl/N-ethyl adjacent to an activating group) is 1. The van der Waals surface area contributed by atoms with Crippen LogP contribution in [0.5, 0.6) is 5.75 Å². The van der Waals surface area contributed by atoms with E-state index in [0.29, 0.717) is 17.9 Å². The number of allylic oxidation sites excluding steroid dienone is 3. The third-order valence-corrected chi connectivity index (χ3v) is 17.9. The highest BCUT2D eigenvalue weighted by atomic mass is 35.5. The number of rotatable bonds is 16. The highest BCUT2D eigenvalue weighted by molar-refractivity contribution is 8.77. The Hall–Kier alpha value is -4.43. The standard InChI is InChI=1S/C46H63ClN4O17S3/c1-25-12-11-13-33(64-10)46(59)24-31(65-43(58)48-46)26(2)40-45(6,67-40)34(23-38(55)50(8)29-21-28(20-25)22-30(63-9)39(29)47)66-41(56)27(3)49(7)35(52)16-18-44(4,5)70-69-19-17-32(71(60,61)62)42(57)68-51-36(53)14-15-37(51)54/h11-13,21-22,26-27,31-34,40,59H,14-20,23-24H2,1-10H3,(H,48,58)(H,60,61,62)/b13-11+,25-12+/t26-,27-,31?,32?,33-,34+,40+,45+,46?/m1/s1. The molecule has 9 atom stereocenters. The Morgan fingerprint density at radius 1 is 1.10 bits per heavy atom. The number of nitrogens with zero attached hydrogens (tertiary/aromatic N) is 3. The predicted octanol–water partition coefficient (Wildman–Crippen LogP) is 4.71. The molecule has 0 spiro atoms. The molecule has 21 nitrogen and oxygen atoms in total. The first-order valence-electron chi connectivity index (χ1n) is 22.7. The summed E-state index contributed by atoms with van der Waals surface area (Å²) in [5.74, 6) is -5.17. The Labute approximate surface area is 426 Å². The topological polar surface area (TPSA) is 275 Å². The molecular formula is C46H63ClN4O17S3. The minimum Gasteiger partial charge on any atom is -0.495 e. The van der Waals surface area contributed by atoms with Gasteiger partial charge < -0.3 is 43.4 Å². The molecule has 4 heterocycles. The molecule has 1 aromatic carbocycles. The summed E-state index contributed by atoms with van der Waals surface area (Å²) in [6.45, 7) is 10.4. The van der Waals surface area contributed by atoms with Crippen LogP contribution in [-0.2, 0) is 69.1 Å². The van der Waals surface area contributed by atoms with Crippen LogP contribution in [-0.4, -0.2) is 156 Å². The first-order chi connectivity index (χ1) is 33.0. The molecule has 5 rings (SSSR count). The summed E-state index contributed by atoms with van der Waals surface area (Å²) >= 11 is 6.80. The van der Waals surface area contributed by atoms with Crippen molar-refractivity contribution in [2.75, 3.05) is 39.0 Å². The molecule has 0 aromatic heterocycles. The molecule has 0 saturated carbocycles. The number of hydrogen-bond acceptors (Lipinski definition) is 18. The monoisotopic (exact) mass is 1070 g/mol. The largest absolute Gasteiger partial charge is 0.495 e. The molecule has 394 valence electrons. The minimum atomic E-state index is -4.97. The van der Waals surface area contributed by atoms with Crippen LogP contribution >= 0.6 is 33.2 Å². The van der Waals surface area contributed by atoms with Gasteiger partial charge in [0.15, 0.2) is 11.0 Å². The number of ether oxygens (including phenoxy) is 5.